The van der Waals surface area contributed by atoms with Crippen molar-refractivity contribution in [2.24, 2.45) is 5.73 Å². The lowest BCUT2D eigenvalue weighted by Crippen LogP contribution is -2.13. The lowest BCUT2D eigenvalue weighted by molar-refractivity contribution is 0.844. The fourth-order valence-electron chi connectivity index (χ4n) is 1.82. The standard InChI is InChI=1S/C14H16N2S/c1-10-8-13(17-2)16-9-12(10)14(15)11-6-4-3-5-7-11/h3-9,14H,15H2,1-2H3. The fourth-order valence-corrected chi connectivity index (χ4v) is 2.27. The molecule has 0 saturated carbocycles. The molecule has 2 N–H and O–H groups in total. The zero-order valence-corrected chi connectivity index (χ0v) is 10.9. The van der Waals surface area contributed by atoms with Crippen LogP contribution in [0.25, 0.3) is 0 Å². The van der Waals surface area contributed by atoms with E-state index in [0.29, 0.717) is 0 Å². The third kappa shape index (κ3) is 2.68. The molecule has 1 unspecified atom stereocenters. The van der Waals surface area contributed by atoms with E-state index >= 15 is 0 Å². The third-order valence-corrected chi connectivity index (χ3v) is 3.47. The van der Waals surface area contributed by atoms with Crippen LogP contribution in [0.3, 0.4) is 0 Å². The maximum absolute atomic E-state index is 6.26. The Kier molecular flexibility index (Phi) is 3.82. The second-order valence-electron chi connectivity index (χ2n) is 3.97. The Morgan fingerprint density at radius 2 is 1.94 bits per heavy atom. The topological polar surface area (TPSA) is 38.9 Å². The van der Waals surface area contributed by atoms with Gasteiger partial charge in [-0.25, -0.2) is 4.98 Å². The molecule has 0 spiro atoms. The van der Waals surface area contributed by atoms with Crippen molar-refractivity contribution in [3.05, 3.63) is 59.3 Å². The number of hydrogen-bond acceptors (Lipinski definition) is 3. The highest BCUT2D eigenvalue weighted by molar-refractivity contribution is 7.98. The van der Waals surface area contributed by atoms with E-state index in [1.807, 2.05) is 42.8 Å². The molecule has 0 radical (unpaired) electrons. The highest BCUT2D eigenvalue weighted by Gasteiger charge is 2.11. The lowest BCUT2D eigenvalue weighted by atomic mass is 9.98. The van der Waals surface area contributed by atoms with E-state index in [2.05, 4.69) is 18.0 Å². The van der Waals surface area contributed by atoms with Crippen LogP contribution in [-0.2, 0) is 0 Å². The second-order valence-corrected chi connectivity index (χ2v) is 4.80. The first-order valence-corrected chi connectivity index (χ1v) is 6.76. The molecule has 17 heavy (non-hydrogen) atoms. The maximum atomic E-state index is 6.26. The molecule has 2 rings (SSSR count). The van der Waals surface area contributed by atoms with E-state index in [-0.39, 0.29) is 6.04 Å². The van der Waals surface area contributed by atoms with Gasteiger partial charge in [-0.3, -0.25) is 0 Å². The van der Waals surface area contributed by atoms with Gasteiger partial charge in [0.15, 0.2) is 0 Å². The summed E-state index contributed by atoms with van der Waals surface area (Å²) in [6.07, 6.45) is 3.91. The highest BCUT2D eigenvalue weighted by Crippen LogP contribution is 2.24. The molecule has 0 amide bonds. The van der Waals surface area contributed by atoms with E-state index in [9.17, 15) is 0 Å². The Hall–Kier alpha value is -1.32. The number of hydrogen-bond donors (Lipinski definition) is 1. The zero-order chi connectivity index (χ0) is 12.3. The maximum Gasteiger partial charge on any atom is 0.0959 e. The van der Waals surface area contributed by atoms with Gasteiger partial charge >= 0.3 is 0 Å². The van der Waals surface area contributed by atoms with Crippen molar-refractivity contribution < 1.29 is 0 Å². The Balaban J connectivity index is 2.34. The largest absolute Gasteiger partial charge is 0.320 e. The molecule has 0 saturated heterocycles. The molecular formula is C14H16N2S. The SMILES string of the molecule is CSc1cc(C)c(C(N)c2ccccc2)cn1. The van der Waals surface area contributed by atoms with Crippen LogP contribution in [0.4, 0.5) is 0 Å². The third-order valence-electron chi connectivity index (χ3n) is 2.83. The molecule has 1 heterocycles. The number of nitrogens with zero attached hydrogens (tertiary/aromatic N) is 1. The van der Waals surface area contributed by atoms with Crippen molar-refractivity contribution in [3.63, 3.8) is 0 Å². The number of nitrogens with two attached hydrogens (primary N) is 1. The van der Waals surface area contributed by atoms with Crippen LogP contribution in [0.2, 0.25) is 0 Å². The molecule has 88 valence electrons. The van der Waals surface area contributed by atoms with Gasteiger partial charge in [-0.1, -0.05) is 30.3 Å². The predicted octanol–water partition coefficient (Wildman–Crippen LogP) is 3.16. The molecule has 1 aromatic carbocycles. The van der Waals surface area contributed by atoms with Gasteiger partial charge in [-0.05, 0) is 35.9 Å². The Labute approximate surface area is 106 Å². The van der Waals surface area contributed by atoms with Gasteiger partial charge in [-0.15, -0.1) is 11.8 Å². The minimum atomic E-state index is -0.0976. The Bertz CT molecular complexity index is 497. The van der Waals surface area contributed by atoms with E-state index in [1.54, 1.807) is 11.8 Å². The summed E-state index contributed by atoms with van der Waals surface area (Å²) in [5, 5.41) is 1.03. The van der Waals surface area contributed by atoms with E-state index < -0.39 is 0 Å². The van der Waals surface area contributed by atoms with Crippen LogP contribution >= 0.6 is 11.8 Å². The number of benzene rings is 1. The van der Waals surface area contributed by atoms with Gasteiger partial charge in [-0.2, -0.15) is 0 Å². The van der Waals surface area contributed by atoms with E-state index in [1.165, 1.54) is 5.56 Å². The molecule has 0 aliphatic heterocycles. The quantitative estimate of drug-likeness (QED) is 0.843. The summed E-state index contributed by atoms with van der Waals surface area (Å²) in [5.41, 5.74) is 9.67. The molecule has 2 aromatic rings. The van der Waals surface area contributed by atoms with Gasteiger partial charge < -0.3 is 5.73 Å². The molecule has 0 aliphatic carbocycles. The summed E-state index contributed by atoms with van der Waals surface area (Å²) < 4.78 is 0. The first-order chi connectivity index (χ1) is 8.22. The predicted molar refractivity (Wildman–Crippen MR) is 73.2 cm³/mol. The van der Waals surface area contributed by atoms with Crippen molar-refractivity contribution in [2.45, 2.75) is 18.0 Å². The van der Waals surface area contributed by atoms with Gasteiger partial charge in [0.25, 0.3) is 0 Å². The second kappa shape index (κ2) is 5.34. The summed E-state index contributed by atoms with van der Waals surface area (Å²) in [4.78, 5) is 4.39. The monoisotopic (exact) mass is 244 g/mol. The minimum absolute atomic E-state index is 0.0976. The van der Waals surface area contributed by atoms with Crippen molar-refractivity contribution in [2.75, 3.05) is 6.26 Å². The van der Waals surface area contributed by atoms with Gasteiger partial charge in [0, 0.05) is 6.20 Å². The first kappa shape index (κ1) is 12.1. The Morgan fingerprint density at radius 1 is 1.24 bits per heavy atom. The number of aryl methyl sites for hydroxylation is 1. The van der Waals surface area contributed by atoms with Crippen molar-refractivity contribution in [1.82, 2.24) is 4.98 Å². The van der Waals surface area contributed by atoms with Crippen LogP contribution in [0.5, 0.6) is 0 Å². The fraction of sp³-hybridized carbons (Fsp3) is 0.214. The molecular weight excluding hydrogens is 228 g/mol. The van der Waals surface area contributed by atoms with Crippen molar-refractivity contribution in [1.29, 1.82) is 0 Å². The summed E-state index contributed by atoms with van der Waals surface area (Å²) >= 11 is 1.65. The first-order valence-electron chi connectivity index (χ1n) is 5.53. The minimum Gasteiger partial charge on any atom is -0.320 e. The summed E-state index contributed by atoms with van der Waals surface area (Å²) in [6, 6.07) is 12.1. The molecule has 0 bridgehead atoms. The number of aromatic nitrogens is 1. The number of thioether (sulfide) groups is 1. The van der Waals surface area contributed by atoms with Crippen LogP contribution in [0.1, 0.15) is 22.7 Å². The molecule has 2 nitrogen and oxygen atoms in total. The van der Waals surface area contributed by atoms with E-state index in [4.69, 9.17) is 5.73 Å². The number of pyridine rings is 1. The Morgan fingerprint density at radius 3 is 2.53 bits per heavy atom. The van der Waals surface area contributed by atoms with Crippen LogP contribution in [0.15, 0.2) is 47.6 Å². The van der Waals surface area contributed by atoms with Crippen LogP contribution < -0.4 is 5.73 Å². The average molecular weight is 244 g/mol. The molecule has 0 aliphatic rings. The molecule has 3 heteroatoms. The molecule has 1 aromatic heterocycles. The van der Waals surface area contributed by atoms with Gasteiger partial charge in [0.1, 0.15) is 0 Å². The van der Waals surface area contributed by atoms with Crippen molar-refractivity contribution in [3.8, 4) is 0 Å². The van der Waals surface area contributed by atoms with Gasteiger partial charge in [0.05, 0.1) is 11.1 Å². The number of rotatable bonds is 3. The smallest absolute Gasteiger partial charge is 0.0959 e. The summed E-state index contributed by atoms with van der Waals surface area (Å²) in [5.74, 6) is 0. The lowest BCUT2D eigenvalue weighted by Gasteiger charge is -2.15. The molecule has 1 atom stereocenters. The van der Waals surface area contributed by atoms with Crippen LogP contribution in [0, 0.1) is 6.92 Å². The van der Waals surface area contributed by atoms with Gasteiger partial charge in [0.2, 0.25) is 0 Å². The highest BCUT2D eigenvalue weighted by atomic mass is 32.2. The average Bonchev–Trinajstić information content (AvgIpc) is 2.39. The summed E-state index contributed by atoms with van der Waals surface area (Å²) in [6.45, 7) is 2.08. The normalized spacial score (nSPS) is 12.4. The molecule has 0 fully saturated rings. The van der Waals surface area contributed by atoms with Crippen molar-refractivity contribution >= 4 is 11.8 Å². The summed E-state index contributed by atoms with van der Waals surface area (Å²) in [7, 11) is 0. The zero-order valence-electron chi connectivity index (χ0n) is 10.1. The van der Waals surface area contributed by atoms with E-state index in [0.717, 1.165) is 16.2 Å². The van der Waals surface area contributed by atoms with Crippen LogP contribution in [-0.4, -0.2) is 11.2 Å².